The zero-order valence-corrected chi connectivity index (χ0v) is 15.6. The molecular weight excluding hydrogens is 324 g/mol. The van der Waals surface area contributed by atoms with Crippen LogP contribution in [0, 0.1) is 37.0 Å². The van der Waals surface area contributed by atoms with E-state index in [1.165, 1.54) is 0 Å². The molecule has 2 atom stereocenters. The van der Waals surface area contributed by atoms with Crippen molar-refractivity contribution in [2.24, 2.45) is 11.8 Å². The third-order valence-electron chi connectivity index (χ3n) is 4.78. The molecule has 0 bridgehead atoms. The maximum Gasteiger partial charge on any atom is 0.215 e. The van der Waals surface area contributed by atoms with Crippen LogP contribution in [0.5, 0.6) is 0 Å². The van der Waals surface area contributed by atoms with Crippen LogP contribution in [0.4, 0.5) is 0 Å². The van der Waals surface area contributed by atoms with E-state index >= 15 is 0 Å². The average molecular weight is 350 g/mol. The van der Waals surface area contributed by atoms with Gasteiger partial charge in [-0.1, -0.05) is 13.8 Å². The van der Waals surface area contributed by atoms with Crippen LogP contribution in [0.2, 0.25) is 0 Å². The molecule has 0 saturated carbocycles. The monoisotopic (exact) mass is 350 g/mol. The van der Waals surface area contributed by atoms with Crippen molar-refractivity contribution in [1.82, 2.24) is 4.72 Å². The Bertz CT molecular complexity index is 712. The molecule has 1 saturated heterocycles. The number of ether oxygens (including phenoxy) is 1. The van der Waals surface area contributed by atoms with Crippen molar-refractivity contribution in [2.75, 3.05) is 13.2 Å². The molecule has 1 aromatic carbocycles. The van der Waals surface area contributed by atoms with Gasteiger partial charge in [-0.15, -0.1) is 0 Å². The van der Waals surface area contributed by atoms with Crippen molar-refractivity contribution in [3.63, 3.8) is 0 Å². The van der Waals surface area contributed by atoms with Gasteiger partial charge in [0, 0.05) is 13.2 Å². The van der Waals surface area contributed by atoms with Crippen LogP contribution in [-0.4, -0.2) is 27.7 Å². The minimum absolute atomic E-state index is 0.0528. The molecule has 1 N–H and O–H groups in total. The van der Waals surface area contributed by atoms with Gasteiger partial charge >= 0.3 is 0 Å². The zero-order valence-electron chi connectivity index (χ0n) is 14.8. The first-order valence-electron chi connectivity index (χ1n) is 8.32. The van der Waals surface area contributed by atoms with Crippen molar-refractivity contribution in [1.29, 1.82) is 5.26 Å². The van der Waals surface area contributed by atoms with Gasteiger partial charge in [0.25, 0.3) is 0 Å². The molecular formula is C18H26N2O3S. The van der Waals surface area contributed by atoms with Gasteiger partial charge in [0.2, 0.25) is 10.0 Å². The molecule has 1 aromatic rings. The van der Waals surface area contributed by atoms with E-state index in [-0.39, 0.29) is 11.9 Å². The van der Waals surface area contributed by atoms with Crippen molar-refractivity contribution < 1.29 is 13.2 Å². The van der Waals surface area contributed by atoms with E-state index in [2.05, 4.69) is 24.6 Å². The Balaban J connectivity index is 2.06. The fourth-order valence-electron chi connectivity index (χ4n) is 3.37. The van der Waals surface area contributed by atoms with Crippen LogP contribution in [0.15, 0.2) is 12.1 Å². The summed E-state index contributed by atoms with van der Waals surface area (Å²) in [6.45, 7) is 8.98. The number of nitrogens with one attached hydrogen (secondary N) is 1. The minimum Gasteiger partial charge on any atom is -0.377 e. The van der Waals surface area contributed by atoms with E-state index in [0.29, 0.717) is 30.6 Å². The fourth-order valence-corrected chi connectivity index (χ4v) is 4.73. The Morgan fingerprint density at radius 2 is 1.96 bits per heavy atom. The number of hydrogen-bond acceptors (Lipinski definition) is 4. The molecule has 0 unspecified atom stereocenters. The molecule has 5 nitrogen and oxygen atoms in total. The van der Waals surface area contributed by atoms with Gasteiger partial charge in [-0.3, -0.25) is 0 Å². The van der Waals surface area contributed by atoms with Crippen molar-refractivity contribution in [3.05, 3.63) is 34.4 Å². The van der Waals surface area contributed by atoms with Crippen LogP contribution >= 0.6 is 0 Å². The van der Waals surface area contributed by atoms with Crippen LogP contribution in [0.3, 0.4) is 0 Å². The number of benzene rings is 1. The molecule has 24 heavy (non-hydrogen) atoms. The highest BCUT2D eigenvalue weighted by Crippen LogP contribution is 2.27. The van der Waals surface area contributed by atoms with Crippen LogP contribution in [0.1, 0.15) is 42.5 Å². The maximum absolute atomic E-state index is 12.5. The van der Waals surface area contributed by atoms with Gasteiger partial charge in [-0.2, -0.15) is 5.26 Å². The number of sulfonamides is 1. The standard InChI is InChI=1S/C18H26N2O3S/c1-12(2)16-5-6-23-18(16)10-20-24(21,22)11-17-13(3)7-15(9-19)8-14(17)4/h7-8,12,16,18,20H,5-6,10-11H2,1-4H3/t16-,18+/m0/s1. The van der Waals surface area contributed by atoms with Gasteiger partial charge < -0.3 is 4.74 Å². The second-order valence-electron chi connectivity index (χ2n) is 6.91. The maximum atomic E-state index is 12.5. The summed E-state index contributed by atoms with van der Waals surface area (Å²) in [6.07, 6.45) is 0.931. The topological polar surface area (TPSA) is 79.2 Å². The molecule has 1 fully saturated rings. The molecule has 132 valence electrons. The molecule has 0 spiro atoms. The van der Waals surface area contributed by atoms with Gasteiger partial charge in [0.1, 0.15) is 0 Å². The van der Waals surface area contributed by atoms with E-state index in [9.17, 15) is 8.42 Å². The predicted molar refractivity (Wildman–Crippen MR) is 93.9 cm³/mol. The summed E-state index contributed by atoms with van der Waals surface area (Å²) in [6, 6.07) is 5.55. The summed E-state index contributed by atoms with van der Waals surface area (Å²) < 4.78 is 33.3. The number of rotatable bonds is 6. The summed E-state index contributed by atoms with van der Waals surface area (Å²) in [4.78, 5) is 0. The van der Waals surface area contributed by atoms with E-state index in [1.54, 1.807) is 12.1 Å². The number of aryl methyl sites for hydroxylation is 2. The second-order valence-corrected chi connectivity index (χ2v) is 8.72. The highest BCUT2D eigenvalue weighted by atomic mass is 32.2. The molecule has 0 radical (unpaired) electrons. The Morgan fingerprint density at radius 1 is 1.33 bits per heavy atom. The van der Waals surface area contributed by atoms with Crippen LogP contribution in [0.25, 0.3) is 0 Å². The fraction of sp³-hybridized carbons (Fsp3) is 0.611. The number of nitriles is 1. The van der Waals surface area contributed by atoms with Gasteiger partial charge in [0.05, 0.1) is 23.5 Å². The second kappa shape index (κ2) is 7.64. The van der Waals surface area contributed by atoms with Crippen molar-refractivity contribution in [3.8, 4) is 6.07 Å². The lowest BCUT2D eigenvalue weighted by Crippen LogP contribution is -2.37. The number of nitrogens with zero attached hydrogens (tertiary/aromatic N) is 1. The number of hydrogen-bond donors (Lipinski definition) is 1. The highest BCUT2D eigenvalue weighted by molar-refractivity contribution is 7.88. The smallest absolute Gasteiger partial charge is 0.215 e. The molecule has 1 heterocycles. The lowest BCUT2D eigenvalue weighted by Gasteiger charge is -2.22. The first-order chi connectivity index (χ1) is 11.2. The quantitative estimate of drug-likeness (QED) is 0.855. The SMILES string of the molecule is Cc1cc(C#N)cc(C)c1CS(=O)(=O)NC[C@H]1OCC[C@H]1C(C)C. The molecule has 2 rings (SSSR count). The Kier molecular flexibility index (Phi) is 6.02. The minimum atomic E-state index is -3.45. The summed E-state index contributed by atoms with van der Waals surface area (Å²) in [7, 11) is -3.45. The normalized spacial score (nSPS) is 21.2. The summed E-state index contributed by atoms with van der Waals surface area (Å²) in [5.41, 5.74) is 2.97. The molecule has 0 aliphatic carbocycles. The molecule has 0 aromatic heterocycles. The summed E-state index contributed by atoms with van der Waals surface area (Å²) in [5.74, 6) is 0.797. The van der Waals surface area contributed by atoms with Crippen LogP contribution in [-0.2, 0) is 20.5 Å². The zero-order chi connectivity index (χ0) is 17.9. The lowest BCUT2D eigenvalue weighted by molar-refractivity contribution is 0.0833. The van der Waals surface area contributed by atoms with Gasteiger partial charge in [-0.05, 0) is 60.9 Å². The first-order valence-corrected chi connectivity index (χ1v) is 9.98. The first kappa shape index (κ1) is 18.9. The molecule has 1 aliphatic heterocycles. The third-order valence-corrected chi connectivity index (χ3v) is 6.06. The van der Waals surface area contributed by atoms with Crippen molar-refractivity contribution >= 4 is 10.0 Å². The van der Waals surface area contributed by atoms with Crippen molar-refractivity contribution in [2.45, 2.75) is 46.0 Å². The predicted octanol–water partition coefficient (Wildman–Crippen LogP) is 2.66. The largest absolute Gasteiger partial charge is 0.377 e. The Hall–Kier alpha value is -1.42. The van der Waals surface area contributed by atoms with E-state index in [0.717, 1.165) is 23.1 Å². The Labute approximate surface area is 145 Å². The third kappa shape index (κ3) is 4.56. The molecule has 0 amide bonds. The summed E-state index contributed by atoms with van der Waals surface area (Å²) >= 11 is 0. The average Bonchev–Trinajstić information content (AvgIpc) is 2.97. The van der Waals surface area contributed by atoms with E-state index < -0.39 is 10.0 Å². The van der Waals surface area contributed by atoms with Crippen LogP contribution < -0.4 is 4.72 Å². The van der Waals surface area contributed by atoms with E-state index in [1.807, 2.05) is 13.8 Å². The Morgan fingerprint density at radius 3 is 2.50 bits per heavy atom. The molecule has 1 aliphatic rings. The lowest BCUT2D eigenvalue weighted by atomic mass is 9.90. The van der Waals surface area contributed by atoms with Gasteiger partial charge in [-0.25, -0.2) is 13.1 Å². The highest BCUT2D eigenvalue weighted by Gasteiger charge is 2.31. The summed E-state index contributed by atoms with van der Waals surface area (Å²) in [5, 5.41) is 8.99. The molecule has 6 heteroatoms. The van der Waals surface area contributed by atoms with Gasteiger partial charge in [0.15, 0.2) is 0 Å². The van der Waals surface area contributed by atoms with E-state index in [4.69, 9.17) is 10.00 Å².